The molecule has 4 heteroatoms. The lowest BCUT2D eigenvalue weighted by molar-refractivity contribution is -0.120. The standard InChI is InChI=1S/C18H28N2O2/c1-18(2,3)14-19(10-6-12-21)13-17(22)20-11-9-15-7-4-5-8-16(15)20/h4-5,7-8,21H,6,9-14H2,1-3H3. The minimum atomic E-state index is 0.138. The van der Waals surface area contributed by atoms with Crippen LogP contribution in [0.4, 0.5) is 5.69 Å². The summed E-state index contributed by atoms with van der Waals surface area (Å²) < 4.78 is 0. The van der Waals surface area contributed by atoms with Crippen molar-refractivity contribution in [2.75, 3.05) is 37.7 Å². The molecule has 0 aromatic heterocycles. The molecule has 0 saturated heterocycles. The van der Waals surface area contributed by atoms with Crippen LogP contribution in [-0.2, 0) is 11.2 Å². The van der Waals surface area contributed by atoms with Crippen LogP contribution < -0.4 is 4.90 Å². The van der Waals surface area contributed by atoms with Crippen LogP contribution in [0.5, 0.6) is 0 Å². The van der Waals surface area contributed by atoms with Crippen molar-refractivity contribution in [3.8, 4) is 0 Å². The zero-order valence-corrected chi connectivity index (χ0v) is 14.0. The quantitative estimate of drug-likeness (QED) is 0.877. The molecule has 1 aromatic rings. The maximum atomic E-state index is 12.7. The summed E-state index contributed by atoms with van der Waals surface area (Å²) in [6.07, 6.45) is 1.65. The zero-order chi connectivity index (χ0) is 16.2. The van der Waals surface area contributed by atoms with Crippen molar-refractivity contribution < 1.29 is 9.90 Å². The molecule has 0 bridgehead atoms. The second-order valence-electron chi connectivity index (χ2n) is 7.27. The molecule has 0 radical (unpaired) electrons. The lowest BCUT2D eigenvalue weighted by Gasteiger charge is -2.30. The lowest BCUT2D eigenvalue weighted by atomic mass is 9.96. The number of hydrogen-bond donors (Lipinski definition) is 1. The van der Waals surface area contributed by atoms with Gasteiger partial charge >= 0.3 is 0 Å². The number of rotatable bonds is 6. The molecular weight excluding hydrogens is 276 g/mol. The van der Waals surface area contributed by atoms with Crippen LogP contribution in [0.15, 0.2) is 24.3 Å². The molecule has 22 heavy (non-hydrogen) atoms. The van der Waals surface area contributed by atoms with Gasteiger partial charge in [0.25, 0.3) is 0 Å². The number of anilines is 1. The van der Waals surface area contributed by atoms with E-state index in [0.717, 1.165) is 31.7 Å². The number of benzene rings is 1. The van der Waals surface area contributed by atoms with Crippen LogP contribution in [0, 0.1) is 5.41 Å². The molecule has 2 rings (SSSR count). The van der Waals surface area contributed by atoms with Gasteiger partial charge < -0.3 is 10.0 Å². The van der Waals surface area contributed by atoms with Crippen LogP contribution in [0.25, 0.3) is 0 Å². The van der Waals surface area contributed by atoms with E-state index in [1.165, 1.54) is 5.56 Å². The molecule has 0 aliphatic carbocycles. The molecular formula is C18H28N2O2. The molecule has 1 aliphatic rings. The van der Waals surface area contributed by atoms with Crippen molar-refractivity contribution in [2.45, 2.75) is 33.6 Å². The van der Waals surface area contributed by atoms with Gasteiger partial charge in [0.05, 0.1) is 6.54 Å². The van der Waals surface area contributed by atoms with Gasteiger partial charge in [0.15, 0.2) is 0 Å². The van der Waals surface area contributed by atoms with Crippen molar-refractivity contribution in [3.63, 3.8) is 0 Å². The topological polar surface area (TPSA) is 43.8 Å². The third-order valence-electron chi connectivity index (χ3n) is 3.88. The zero-order valence-electron chi connectivity index (χ0n) is 14.0. The third kappa shape index (κ3) is 4.55. The number of fused-ring (bicyclic) bond motifs is 1. The number of para-hydroxylation sites is 1. The van der Waals surface area contributed by atoms with Gasteiger partial charge in [0, 0.05) is 31.9 Å². The molecule has 1 aromatic carbocycles. The van der Waals surface area contributed by atoms with Crippen molar-refractivity contribution >= 4 is 11.6 Å². The van der Waals surface area contributed by atoms with Gasteiger partial charge in [-0.1, -0.05) is 39.0 Å². The smallest absolute Gasteiger partial charge is 0.241 e. The Hall–Kier alpha value is -1.39. The summed E-state index contributed by atoms with van der Waals surface area (Å²) in [5.74, 6) is 0.159. The highest BCUT2D eigenvalue weighted by molar-refractivity contribution is 5.96. The molecule has 1 heterocycles. The number of aliphatic hydroxyl groups is 1. The molecule has 4 nitrogen and oxygen atoms in total. The number of carbonyl (C=O) groups excluding carboxylic acids is 1. The fraction of sp³-hybridized carbons (Fsp3) is 0.611. The maximum Gasteiger partial charge on any atom is 0.241 e. The Bertz CT molecular complexity index is 508. The molecule has 1 amide bonds. The number of nitrogens with zero attached hydrogens (tertiary/aromatic N) is 2. The minimum absolute atomic E-state index is 0.138. The van der Waals surface area contributed by atoms with Crippen molar-refractivity contribution in [1.29, 1.82) is 0 Å². The highest BCUT2D eigenvalue weighted by Crippen LogP contribution is 2.27. The van der Waals surface area contributed by atoms with E-state index in [1.807, 2.05) is 23.1 Å². The molecule has 0 fully saturated rings. The Labute approximate surface area is 133 Å². The predicted molar refractivity (Wildman–Crippen MR) is 90.1 cm³/mol. The normalized spacial score (nSPS) is 14.5. The van der Waals surface area contributed by atoms with E-state index in [2.05, 4.69) is 31.7 Å². The average molecular weight is 304 g/mol. The Morgan fingerprint density at radius 1 is 1.32 bits per heavy atom. The first-order valence-corrected chi connectivity index (χ1v) is 8.12. The molecule has 0 atom stereocenters. The van der Waals surface area contributed by atoms with Gasteiger partial charge in [-0.25, -0.2) is 0 Å². The molecule has 1 aliphatic heterocycles. The second-order valence-corrected chi connectivity index (χ2v) is 7.27. The van der Waals surface area contributed by atoms with Crippen LogP contribution in [-0.4, -0.2) is 48.7 Å². The Balaban J connectivity index is 2.02. The highest BCUT2D eigenvalue weighted by Gasteiger charge is 2.26. The van der Waals surface area contributed by atoms with E-state index in [1.54, 1.807) is 0 Å². The molecule has 122 valence electrons. The highest BCUT2D eigenvalue weighted by atomic mass is 16.3. The fourth-order valence-corrected chi connectivity index (χ4v) is 3.05. The maximum absolute atomic E-state index is 12.7. The lowest BCUT2D eigenvalue weighted by Crippen LogP contribution is -2.43. The fourth-order valence-electron chi connectivity index (χ4n) is 3.05. The number of hydrogen-bond acceptors (Lipinski definition) is 3. The molecule has 1 N–H and O–H groups in total. The van der Waals surface area contributed by atoms with Crippen LogP contribution in [0.1, 0.15) is 32.8 Å². The Kier molecular flexibility index (Phi) is 5.59. The second kappa shape index (κ2) is 7.25. The van der Waals surface area contributed by atoms with Crippen molar-refractivity contribution in [1.82, 2.24) is 4.90 Å². The van der Waals surface area contributed by atoms with Gasteiger partial charge in [0.2, 0.25) is 5.91 Å². The predicted octanol–water partition coefficient (Wildman–Crippen LogP) is 2.31. The molecule has 0 spiro atoms. The summed E-state index contributed by atoms with van der Waals surface area (Å²) in [7, 11) is 0. The van der Waals surface area contributed by atoms with Crippen LogP contribution in [0.3, 0.4) is 0 Å². The van der Waals surface area contributed by atoms with Crippen molar-refractivity contribution in [2.24, 2.45) is 5.41 Å². The first kappa shape index (κ1) is 17.0. The van der Waals surface area contributed by atoms with Gasteiger partial charge in [-0.3, -0.25) is 9.69 Å². The summed E-state index contributed by atoms with van der Waals surface area (Å²) >= 11 is 0. The van der Waals surface area contributed by atoms with E-state index in [4.69, 9.17) is 5.11 Å². The van der Waals surface area contributed by atoms with Crippen molar-refractivity contribution in [3.05, 3.63) is 29.8 Å². The molecule has 0 unspecified atom stereocenters. The van der Waals surface area contributed by atoms with E-state index in [-0.39, 0.29) is 17.9 Å². The van der Waals surface area contributed by atoms with E-state index in [9.17, 15) is 4.79 Å². The van der Waals surface area contributed by atoms with Gasteiger partial charge in [-0.05, 0) is 29.9 Å². The third-order valence-corrected chi connectivity index (χ3v) is 3.88. The summed E-state index contributed by atoms with van der Waals surface area (Å²) in [5.41, 5.74) is 2.46. The summed E-state index contributed by atoms with van der Waals surface area (Å²) in [6.45, 7) is 9.51. The first-order valence-electron chi connectivity index (χ1n) is 8.12. The van der Waals surface area contributed by atoms with E-state index < -0.39 is 0 Å². The average Bonchev–Trinajstić information content (AvgIpc) is 2.87. The van der Waals surface area contributed by atoms with Crippen LogP contribution >= 0.6 is 0 Å². The SMILES string of the molecule is CC(C)(C)CN(CCCO)CC(=O)N1CCc2ccccc21. The summed E-state index contributed by atoms with van der Waals surface area (Å²) in [4.78, 5) is 16.8. The Morgan fingerprint density at radius 3 is 2.73 bits per heavy atom. The minimum Gasteiger partial charge on any atom is -0.396 e. The molecule has 0 saturated carbocycles. The number of aliphatic hydroxyl groups excluding tert-OH is 1. The monoisotopic (exact) mass is 304 g/mol. The first-order chi connectivity index (χ1) is 10.4. The number of amides is 1. The van der Waals surface area contributed by atoms with E-state index in [0.29, 0.717) is 13.0 Å². The van der Waals surface area contributed by atoms with Gasteiger partial charge in [-0.15, -0.1) is 0 Å². The summed E-state index contributed by atoms with van der Waals surface area (Å²) in [5, 5.41) is 9.07. The van der Waals surface area contributed by atoms with Crippen LogP contribution in [0.2, 0.25) is 0 Å². The largest absolute Gasteiger partial charge is 0.396 e. The number of carbonyl (C=O) groups is 1. The van der Waals surface area contributed by atoms with E-state index >= 15 is 0 Å². The van der Waals surface area contributed by atoms with Gasteiger partial charge in [0.1, 0.15) is 0 Å². The van der Waals surface area contributed by atoms with Gasteiger partial charge in [-0.2, -0.15) is 0 Å². The summed E-state index contributed by atoms with van der Waals surface area (Å²) in [6, 6.07) is 8.15. The Morgan fingerprint density at radius 2 is 2.05 bits per heavy atom.